The largest absolute Gasteiger partial charge is 0.396 e. The summed E-state index contributed by atoms with van der Waals surface area (Å²) in [4.78, 5) is 18.5. The zero-order valence-corrected chi connectivity index (χ0v) is 12.0. The van der Waals surface area contributed by atoms with Crippen LogP contribution in [-0.2, 0) is 0 Å². The second-order valence-corrected chi connectivity index (χ2v) is 5.09. The Balaban J connectivity index is 2.11. The summed E-state index contributed by atoms with van der Waals surface area (Å²) in [7, 11) is 0. The molecule has 2 N–H and O–H groups in total. The van der Waals surface area contributed by atoms with Crippen molar-refractivity contribution in [3.8, 4) is 11.8 Å². The number of likely N-dealkylation sites (tertiary alicyclic amines) is 1. The minimum absolute atomic E-state index is 0.00517. The number of aromatic nitrogens is 1. The lowest BCUT2D eigenvalue weighted by Crippen LogP contribution is -2.39. The predicted molar refractivity (Wildman–Crippen MR) is 78.5 cm³/mol. The van der Waals surface area contributed by atoms with Crippen LogP contribution in [0.2, 0.25) is 0 Å². The van der Waals surface area contributed by atoms with Crippen LogP contribution in [0.3, 0.4) is 0 Å². The number of carbonyl (C=O) groups is 1. The van der Waals surface area contributed by atoms with E-state index in [1.807, 2.05) is 0 Å². The van der Waals surface area contributed by atoms with E-state index < -0.39 is 0 Å². The molecular weight excluding hydrogens is 268 g/mol. The summed E-state index contributed by atoms with van der Waals surface area (Å²) in [5, 5.41) is 17.9. The van der Waals surface area contributed by atoms with Gasteiger partial charge in [-0.3, -0.25) is 4.79 Å². The molecule has 0 spiro atoms. The number of pyridine rings is 1. The quantitative estimate of drug-likeness (QED) is 0.801. The highest BCUT2D eigenvalue weighted by Gasteiger charge is 2.25. The van der Waals surface area contributed by atoms with Crippen LogP contribution in [0, 0.1) is 17.8 Å². The summed E-state index contributed by atoms with van der Waals surface area (Å²) in [5.74, 6) is 5.90. The molecule has 1 aromatic rings. The number of hydrogen-bond donors (Lipinski definition) is 2. The van der Waals surface area contributed by atoms with Crippen LogP contribution in [0.4, 0.5) is 0 Å². The number of amides is 1. The first-order chi connectivity index (χ1) is 10.3. The Bertz CT molecular complexity index is 540. The molecule has 5 heteroatoms. The number of nitrogens with zero attached hydrogens (tertiary/aromatic N) is 2. The van der Waals surface area contributed by atoms with Gasteiger partial charge in [-0.05, 0) is 30.9 Å². The van der Waals surface area contributed by atoms with Gasteiger partial charge in [0.1, 0.15) is 5.69 Å². The average molecular weight is 288 g/mol. The lowest BCUT2D eigenvalue weighted by atomic mass is 9.97. The SMILES string of the molecule is O=C(c1ncccc1C#CCCO)N1CCC(CO)CC1. The van der Waals surface area contributed by atoms with Gasteiger partial charge in [-0.1, -0.05) is 11.8 Å². The molecule has 1 aliphatic heterocycles. The van der Waals surface area contributed by atoms with Gasteiger partial charge < -0.3 is 15.1 Å². The van der Waals surface area contributed by atoms with Gasteiger partial charge in [0.15, 0.2) is 0 Å². The van der Waals surface area contributed by atoms with E-state index in [-0.39, 0.29) is 19.1 Å². The van der Waals surface area contributed by atoms with Crippen LogP contribution in [0.1, 0.15) is 35.3 Å². The molecule has 1 amide bonds. The van der Waals surface area contributed by atoms with Crippen molar-refractivity contribution in [1.82, 2.24) is 9.88 Å². The van der Waals surface area contributed by atoms with E-state index in [4.69, 9.17) is 10.2 Å². The maximum Gasteiger partial charge on any atom is 0.273 e. The summed E-state index contributed by atoms with van der Waals surface area (Å²) in [6, 6.07) is 3.52. The van der Waals surface area contributed by atoms with Gasteiger partial charge in [0.2, 0.25) is 0 Å². The lowest BCUT2D eigenvalue weighted by molar-refractivity contribution is 0.0645. The van der Waals surface area contributed by atoms with Gasteiger partial charge in [0.25, 0.3) is 5.91 Å². The van der Waals surface area contributed by atoms with Crippen molar-refractivity contribution in [2.45, 2.75) is 19.3 Å². The first-order valence-corrected chi connectivity index (χ1v) is 7.21. The molecule has 0 aromatic carbocycles. The Morgan fingerprint density at radius 3 is 2.81 bits per heavy atom. The minimum atomic E-state index is -0.111. The monoisotopic (exact) mass is 288 g/mol. The molecule has 5 nitrogen and oxygen atoms in total. The molecule has 21 heavy (non-hydrogen) atoms. The molecule has 112 valence electrons. The highest BCUT2D eigenvalue weighted by Crippen LogP contribution is 2.18. The summed E-state index contributed by atoms with van der Waals surface area (Å²) in [6.45, 7) is 1.48. The normalized spacial score (nSPS) is 15.4. The van der Waals surface area contributed by atoms with Crippen LogP contribution >= 0.6 is 0 Å². The molecule has 2 rings (SSSR count). The molecule has 0 atom stereocenters. The summed E-state index contributed by atoms with van der Waals surface area (Å²) < 4.78 is 0. The first-order valence-electron chi connectivity index (χ1n) is 7.21. The molecular formula is C16H20N2O3. The van der Waals surface area contributed by atoms with Crippen molar-refractivity contribution in [3.63, 3.8) is 0 Å². The third-order valence-corrected chi connectivity index (χ3v) is 3.63. The number of aliphatic hydroxyl groups is 2. The third kappa shape index (κ3) is 4.03. The van der Waals surface area contributed by atoms with Crippen LogP contribution in [0.25, 0.3) is 0 Å². The van der Waals surface area contributed by atoms with Crippen LogP contribution < -0.4 is 0 Å². The van der Waals surface area contributed by atoms with E-state index in [0.717, 1.165) is 12.8 Å². The van der Waals surface area contributed by atoms with E-state index in [1.165, 1.54) is 0 Å². The maximum atomic E-state index is 12.5. The Labute approximate surface area is 124 Å². The van der Waals surface area contributed by atoms with E-state index in [9.17, 15) is 4.79 Å². The first kappa shape index (κ1) is 15.5. The van der Waals surface area contributed by atoms with E-state index in [0.29, 0.717) is 36.7 Å². The molecule has 0 aliphatic carbocycles. The molecule has 1 aliphatic rings. The zero-order chi connectivity index (χ0) is 15.1. The molecule has 0 bridgehead atoms. The van der Waals surface area contributed by atoms with Crippen molar-refractivity contribution in [3.05, 3.63) is 29.6 Å². The van der Waals surface area contributed by atoms with Gasteiger partial charge in [-0.15, -0.1) is 0 Å². The van der Waals surface area contributed by atoms with Crippen molar-refractivity contribution < 1.29 is 15.0 Å². The van der Waals surface area contributed by atoms with Crippen molar-refractivity contribution >= 4 is 5.91 Å². The van der Waals surface area contributed by atoms with E-state index in [1.54, 1.807) is 23.2 Å². The number of hydrogen-bond acceptors (Lipinski definition) is 4. The molecule has 1 fully saturated rings. The van der Waals surface area contributed by atoms with Gasteiger partial charge in [-0.2, -0.15) is 0 Å². The molecule has 0 saturated carbocycles. The molecule has 1 saturated heterocycles. The molecule has 2 heterocycles. The highest BCUT2D eigenvalue weighted by molar-refractivity contribution is 5.94. The lowest BCUT2D eigenvalue weighted by Gasteiger charge is -2.31. The van der Waals surface area contributed by atoms with Crippen molar-refractivity contribution in [2.24, 2.45) is 5.92 Å². The Morgan fingerprint density at radius 1 is 1.38 bits per heavy atom. The number of carbonyl (C=O) groups excluding carboxylic acids is 1. The minimum Gasteiger partial charge on any atom is -0.396 e. The fourth-order valence-electron chi connectivity index (χ4n) is 2.36. The van der Waals surface area contributed by atoms with E-state index >= 15 is 0 Å². The van der Waals surface area contributed by atoms with Gasteiger partial charge in [0.05, 0.1) is 12.2 Å². The van der Waals surface area contributed by atoms with Crippen LogP contribution in [0.5, 0.6) is 0 Å². The second kappa shape index (κ2) is 7.77. The number of piperidine rings is 1. The summed E-state index contributed by atoms with van der Waals surface area (Å²) in [6.07, 6.45) is 3.61. The van der Waals surface area contributed by atoms with Gasteiger partial charge in [-0.25, -0.2) is 4.98 Å². The highest BCUT2D eigenvalue weighted by atomic mass is 16.3. The summed E-state index contributed by atoms with van der Waals surface area (Å²) in [5.41, 5.74) is 0.964. The molecule has 1 aromatic heterocycles. The average Bonchev–Trinajstić information content (AvgIpc) is 2.55. The van der Waals surface area contributed by atoms with Crippen LogP contribution in [0.15, 0.2) is 18.3 Å². The Hall–Kier alpha value is -1.90. The summed E-state index contributed by atoms with van der Waals surface area (Å²) >= 11 is 0. The topological polar surface area (TPSA) is 73.7 Å². The molecule has 0 unspecified atom stereocenters. The molecule has 0 radical (unpaired) electrons. The van der Waals surface area contributed by atoms with E-state index in [2.05, 4.69) is 16.8 Å². The maximum absolute atomic E-state index is 12.5. The zero-order valence-electron chi connectivity index (χ0n) is 12.0. The number of rotatable bonds is 3. The Kier molecular flexibility index (Phi) is 5.73. The predicted octanol–water partition coefficient (Wildman–Crippen LogP) is 0.660. The van der Waals surface area contributed by atoms with Gasteiger partial charge >= 0.3 is 0 Å². The second-order valence-electron chi connectivity index (χ2n) is 5.09. The third-order valence-electron chi connectivity index (χ3n) is 3.63. The van der Waals surface area contributed by atoms with Crippen molar-refractivity contribution in [1.29, 1.82) is 0 Å². The van der Waals surface area contributed by atoms with Crippen molar-refractivity contribution in [2.75, 3.05) is 26.3 Å². The standard InChI is InChI=1S/C16H20N2O3/c19-11-2-1-4-14-5-3-8-17-15(14)16(21)18-9-6-13(12-20)7-10-18/h3,5,8,13,19-20H,2,6-7,9-12H2. The van der Waals surface area contributed by atoms with Crippen LogP contribution in [-0.4, -0.2) is 52.3 Å². The fourth-order valence-corrected chi connectivity index (χ4v) is 2.36. The van der Waals surface area contributed by atoms with Gasteiger partial charge in [0, 0.05) is 32.3 Å². The Morgan fingerprint density at radius 2 is 2.14 bits per heavy atom. The smallest absolute Gasteiger partial charge is 0.273 e. The fraction of sp³-hybridized carbons (Fsp3) is 0.500. The number of aliphatic hydroxyl groups excluding tert-OH is 2.